The highest BCUT2D eigenvalue weighted by atomic mass is 32.2. The van der Waals surface area contributed by atoms with Crippen molar-refractivity contribution in [3.63, 3.8) is 0 Å². The van der Waals surface area contributed by atoms with Crippen molar-refractivity contribution < 1.29 is 14.6 Å². The molecule has 0 fully saturated rings. The molecule has 1 aliphatic rings. The number of thioether (sulfide) groups is 1. The van der Waals surface area contributed by atoms with Gasteiger partial charge in [0.25, 0.3) is 0 Å². The molecule has 0 saturated carbocycles. The molecule has 0 aromatic heterocycles. The van der Waals surface area contributed by atoms with Gasteiger partial charge in [-0.05, 0) is 29.3 Å². The maximum Gasteiger partial charge on any atom is 0.161 e. The first kappa shape index (κ1) is 14.3. The molecule has 2 unspecified atom stereocenters. The Morgan fingerprint density at radius 3 is 2.62 bits per heavy atom. The monoisotopic (exact) mass is 302 g/mol. The molecular weight excluding hydrogens is 284 g/mol. The minimum absolute atomic E-state index is 0.115. The van der Waals surface area contributed by atoms with Crippen LogP contribution in [0.1, 0.15) is 23.1 Å². The van der Waals surface area contributed by atoms with Crippen LogP contribution in [0, 0.1) is 0 Å². The van der Waals surface area contributed by atoms with Crippen molar-refractivity contribution in [2.24, 2.45) is 0 Å². The fourth-order valence-electron chi connectivity index (χ4n) is 2.72. The van der Waals surface area contributed by atoms with E-state index < -0.39 is 6.10 Å². The Hall–Kier alpha value is -1.65. The molecule has 1 heterocycles. The number of aliphatic hydroxyl groups excluding tert-OH is 1. The summed E-state index contributed by atoms with van der Waals surface area (Å²) >= 11 is 1.80. The maximum atomic E-state index is 10.7. The van der Waals surface area contributed by atoms with E-state index in [1.807, 2.05) is 30.3 Å². The van der Waals surface area contributed by atoms with Crippen LogP contribution in [0.15, 0.2) is 47.4 Å². The number of benzene rings is 2. The van der Waals surface area contributed by atoms with Gasteiger partial charge in [-0.3, -0.25) is 0 Å². The quantitative estimate of drug-likeness (QED) is 0.936. The summed E-state index contributed by atoms with van der Waals surface area (Å²) in [5.74, 6) is 2.33. The molecule has 1 aliphatic heterocycles. The second-order valence-electron chi connectivity index (χ2n) is 5.01. The topological polar surface area (TPSA) is 38.7 Å². The molecule has 2 atom stereocenters. The summed E-state index contributed by atoms with van der Waals surface area (Å²) in [7, 11) is 3.21. The number of fused-ring (bicyclic) bond motifs is 1. The van der Waals surface area contributed by atoms with Gasteiger partial charge in [0, 0.05) is 16.6 Å². The molecule has 2 aromatic carbocycles. The Bertz CT molecular complexity index is 642. The number of hydrogen-bond donors (Lipinski definition) is 1. The van der Waals surface area contributed by atoms with Crippen molar-refractivity contribution in [3.8, 4) is 11.5 Å². The molecular formula is C17H18O3S. The molecule has 0 amide bonds. The molecule has 110 valence electrons. The van der Waals surface area contributed by atoms with Crippen molar-refractivity contribution in [1.82, 2.24) is 0 Å². The second kappa shape index (κ2) is 6.00. The highest BCUT2D eigenvalue weighted by molar-refractivity contribution is 7.99. The van der Waals surface area contributed by atoms with E-state index in [2.05, 4.69) is 12.1 Å². The zero-order chi connectivity index (χ0) is 14.8. The molecule has 21 heavy (non-hydrogen) atoms. The van der Waals surface area contributed by atoms with Gasteiger partial charge < -0.3 is 14.6 Å². The number of methoxy groups -OCH3 is 2. The number of ether oxygens (including phenoxy) is 2. The zero-order valence-corrected chi connectivity index (χ0v) is 12.9. The Morgan fingerprint density at radius 1 is 1.10 bits per heavy atom. The van der Waals surface area contributed by atoms with Crippen molar-refractivity contribution in [3.05, 3.63) is 53.6 Å². The molecule has 1 N–H and O–H groups in total. The molecule has 4 heteroatoms. The predicted molar refractivity (Wildman–Crippen MR) is 84.4 cm³/mol. The average Bonchev–Trinajstić information content (AvgIpc) is 2.97. The Balaban J connectivity index is 1.91. The van der Waals surface area contributed by atoms with E-state index in [4.69, 9.17) is 9.47 Å². The summed E-state index contributed by atoms with van der Waals surface area (Å²) in [6, 6.07) is 13.9. The lowest BCUT2D eigenvalue weighted by Gasteiger charge is -2.20. The summed E-state index contributed by atoms with van der Waals surface area (Å²) in [4.78, 5) is 1.27. The van der Waals surface area contributed by atoms with Gasteiger partial charge in [0.15, 0.2) is 11.5 Å². The first-order chi connectivity index (χ1) is 10.2. The predicted octanol–water partition coefficient (Wildman–Crippen LogP) is 3.63. The summed E-state index contributed by atoms with van der Waals surface area (Å²) in [6.07, 6.45) is -0.541. The molecule has 3 rings (SSSR count). The van der Waals surface area contributed by atoms with Crippen LogP contribution < -0.4 is 9.47 Å². The second-order valence-corrected chi connectivity index (χ2v) is 6.08. The number of hydrogen-bond acceptors (Lipinski definition) is 4. The van der Waals surface area contributed by atoms with Crippen LogP contribution in [0.4, 0.5) is 0 Å². The van der Waals surface area contributed by atoms with Crippen molar-refractivity contribution >= 4 is 11.8 Å². The third kappa shape index (κ3) is 2.61. The Kier molecular flexibility index (Phi) is 4.08. The highest BCUT2D eigenvalue weighted by Crippen LogP contribution is 2.46. The van der Waals surface area contributed by atoms with E-state index in [-0.39, 0.29) is 5.92 Å². The fourth-order valence-corrected chi connectivity index (χ4v) is 4.00. The smallest absolute Gasteiger partial charge is 0.161 e. The minimum Gasteiger partial charge on any atom is -0.493 e. The van der Waals surface area contributed by atoms with E-state index in [0.29, 0.717) is 11.5 Å². The van der Waals surface area contributed by atoms with Crippen LogP contribution in [-0.4, -0.2) is 25.1 Å². The van der Waals surface area contributed by atoms with Crippen molar-refractivity contribution in [2.75, 3.05) is 20.0 Å². The molecule has 2 aromatic rings. The van der Waals surface area contributed by atoms with Crippen molar-refractivity contribution in [2.45, 2.75) is 16.9 Å². The van der Waals surface area contributed by atoms with Gasteiger partial charge >= 0.3 is 0 Å². The van der Waals surface area contributed by atoms with Crippen LogP contribution >= 0.6 is 11.8 Å². The lowest BCUT2D eigenvalue weighted by molar-refractivity contribution is 0.153. The number of rotatable bonds is 4. The zero-order valence-electron chi connectivity index (χ0n) is 12.1. The third-order valence-corrected chi connectivity index (χ3v) is 5.08. The van der Waals surface area contributed by atoms with E-state index in [1.165, 1.54) is 10.5 Å². The van der Waals surface area contributed by atoms with Crippen LogP contribution in [0.3, 0.4) is 0 Å². The summed E-state index contributed by atoms with van der Waals surface area (Å²) in [6.45, 7) is 0. The van der Waals surface area contributed by atoms with E-state index in [9.17, 15) is 5.11 Å². The molecule has 0 aliphatic carbocycles. The van der Waals surface area contributed by atoms with Gasteiger partial charge in [0.2, 0.25) is 0 Å². The lowest BCUT2D eigenvalue weighted by atomic mass is 9.91. The molecule has 0 bridgehead atoms. The first-order valence-electron chi connectivity index (χ1n) is 6.86. The highest BCUT2D eigenvalue weighted by Gasteiger charge is 2.30. The van der Waals surface area contributed by atoms with E-state index >= 15 is 0 Å². The largest absolute Gasteiger partial charge is 0.493 e. The van der Waals surface area contributed by atoms with Gasteiger partial charge in [0.05, 0.1) is 20.3 Å². The van der Waals surface area contributed by atoms with E-state index in [1.54, 1.807) is 26.0 Å². The Morgan fingerprint density at radius 2 is 1.86 bits per heavy atom. The van der Waals surface area contributed by atoms with Crippen LogP contribution in [0.5, 0.6) is 11.5 Å². The Labute approximate surface area is 128 Å². The first-order valence-corrected chi connectivity index (χ1v) is 7.85. The van der Waals surface area contributed by atoms with Gasteiger partial charge in [0.1, 0.15) is 0 Å². The van der Waals surface area contributed by atoms with Gasteiger partial charge in [-0.15, -0.1) is 11.8 Å². The van der Waals surface area contributed by atoms with Crippen LogP contribution in [0.2, 0.25) is 0 Å². The lowest BCUT2D eigenvalue weighted by Crippen LogP contribution is -2.10. The standard InChI is InChI=1S/C17H18O3S/c1-19-14-8-7-11(9-15(14)20-2)17(18)13-10-21-16-6-4-3-5-12(13)16/h3-9,13,17-18H,10H2,1-2H3. The van der Waals surface area contributed by atoms with E-state index in [0.717, 1.165) is 11.3 Å². The van der Waals surface area contributed by atoms with Crippen LogP contribution in [0.25, 0.3) is 0 Å². The summed E-state index contributed by atoms with van der Waals surface area (Å²) < 4.78 is 10.6. The fraction of sp³-hybridized carbons (Fsp3) is 0.294. The third-order valence-electron chi connectivity index (χ3n) is 3.87. The number of aliphatic hydroxyl groups is 1. The SMILES string of the molecule is COc1ccc(C(O)C2CSc3ccccc32)cc1OC. The normalized spacial score (nSPS) is 18.1. The molecule has 3 nitrogen and oxygen atoms in total. The maximum absolute atomic E-state index is 10.7. The molecule has 0 radical (unpaired) electrons. The van der Waals surface area contributed by atoms with Crippen molar-refractivity contribution in [1.29, 1.82) is 0 Å². The molecule has 0 saturated heterocycles. The van der Waals surface area contributed by atoms with Gasteiger partial charge in [-0.2, -0.15) is 0 Å². The van der Waals surface area contributed by atoms with Crippen LogP contribution in [-0.2, 0) is 0 Å². The summed E-state index contributed by atoms with van der Waals surface area (Å²) in [5, 5.41) is 10.7. The van der Waals surface area contributed by atoms with Gasteiger partial charge in [-0.1, -0.05) is 24.3 Å². The minimum atomic E-state index is -0.541. The summed E-state index contributed by atoms with van der Waals surface area (Å²) in [5.41, 5.74) is 2.08. The molecule has 0 spiro atoms. The van der Waals surface area contributed by atoms with Gasteiger partial charge in [-0.25, -0.2) is 0 Å². The average molecular weight is 302 g/mol.